The molecule has 0 saturated carbocycles. The lowest BCUT2D eigenvalue weighted by Crippen LogP contribution is -1.98. The molecule has 0 aliphatic carbocycles. The molecule has 0 aliphatic rings. The van der Waals surface area contributed by atoms with E-state index < -0.39 is 10.0 Å². The molecular weight excluding hydrogens is 322 g/mol. The molecule has 24 heavy (non-hydrogen) atoms. The number of aromatic nitrogens is 2. The van der Waals surface area contributed by atoms with E-state index in [9.17, 15) is 8.42 Å². The number of hydrogen-bond donors (Lipinski definition) is 0. The van der Waals surface area contributed by atoms with Gasteiger partial charge in [0.25, 0.3) is 10.0 Å². The first-order valence-corrected chi connectivity index (χ1v) is 8.72. The molecule has 2 aromatic carbocycles. The molecule has 1 aromatic heterocycles. The van der Waals surface area contributed by atoms with Gasteiger partial charge in [-0.25, -0.2) is 0 Å². The third-order valence-corrected chi connectivity index (χ3v) is 4.66. The summed E-state index contributed by atoms with van der Waals surface area (Å²) in [6.07, 6.45) is 6.20. The highest BCUT2D eigenvalue weighted by molar-refractivity contribution is 7.90. The highest BCUT2D eigenvalue weighted by Gasteiger charge is 2.11. The summed E-state index contributed by atoms with van der Waals surface area (Å²) in [5.41, 5.74) is 3.23. The first-order chi connectivity index (χ1) is 11.5. The van der Waals surface area contributed by atoms with Gasteiger partial charge in [0.15, 0.2) is 0 Å². The quantitative estimate of drug-likeness (QED) is 0.685. The van der Waals surface area contributed by atoms with Gasteiger partial charge in [-0.05, 0) is 30.7 Å². The molecule has 0 spiro atoms. The van der Waals surface area contributed by atoms with Crippen molar-refractivity contribution in [3.05, 3.63) is 78.2 Å². The van der Waals surface area contributed by atoms with Crippen molar-refractivity contribution in [3.8, 4) is 11.3 Å². The van der Waals surface area contributed by atoms with Gasteiger partial charge in [0.1, 0.15) is 0 Å². The molecule has 0 atom stereocenters. The summed E-state index contributed by atoms with van der Waals surface area (Å²) >= 11 is 0. The molecule has 3 rings (SSSR count). The van der Waals surface area contributed by atoms with Crippen molar-refractivity contribution in [1.29, 1.82) is 0 Å². The van der Waals surface area contributed by atoms with Gasteiger partial charge in [-0.15, -0.1) is 0 Å². The molecule has 5 nitrogen and oxygen atoms in total. The number of aryl methyl sites for hydroxylation is 1. The minimum atomic E-state index is -3.71. The van der Waals surface area contributed by atoms with E-state index in [-0.39, 0.29) is 4.90 Å². The minimum absolute atomic E-state index is 0.175. The highest BCUT2D eigenvalue weighted by atomic mass is 32.2. The summed E-state index contributed by atoms with van der Waals surface area (Å²) in [5.74, 6) is 0. The monoisotopic (exact) mass is 337 g/mol. The van der Waals surface area contributed by atoms with Crippen LogP contribution in [-0.4, -0.2) is 24.6 Å². The average Bonchev–Trinajstić information content (AvgIpc) is 2.61. The van der Waals surface area contributed by atoms with E-state index in [0.29, 0.717) is 11.3 Å². The molecule has 6 heteroatoms. The molecule has 0 amide bonds. The summed E-state index contributed by atoms with van der Waals surface area (Å²) in [7, 11) is -3.71. The fourth-order valence-electron chi connectivity index (χ4n) is 2.13. The SMILES string of the molecule is Cc1ccc(S(=O)(=O)N=Cc2cccc(-c3cnccn3)c2)cc1. The second kappa shape index (κ2) is 6.72. The zero-order valence-corrected chi connectivity index (χ0v) is 13.8. The van der Waals surface area contributed by atoms with Crippen LogP contribution in [0, 0.1) is 6.92 Å². The van der Waals surface area contributed by atoms with Crippen LogP contribution in [0.25, 0.3) is 11.3 Å². The molecule has 3 aromatic rings. The van der Waals surface area contributed by atoms with Crippen LogP contribution < -0.4 is 0 Å². The molecule has 0 N–H and O–H groups in total. The van der Waals surface area contributed by atoms with Gasteiger partial charge in [-0.3, -0.25) is 9.97 Å². The lowest BCUT2D eigenvalue weighted by Gasteiger charge is -2.02. The normalized spacial score (nSPS) is 11.7. The molecule has 0 bridgehead atoms. The summed E-state index contributed by atoms with van der Waals surface area (Å²) in [6, 6.07) is 13.9. The Hall–Kier alpha value is -2.86. The molecule has 0 radical (unpaired) electrons. The Morgan fingerprint density at radius 2 is 1.83 bits per heavy atom. The van der Waals surface area contributed by atoms with Crippen LogP contribution in [0.15, 0.2) is 76.4 Å². The Labute approximate surface area is 140 Å². The van der Waals surface area contributed by atoms with Crippen molar-refractivity contribution in [2.24, 2.45) is 4.40 Å². The maximum absolute atomic E-state index is 12.3. The van der Waals surface area contributed by atoms with Crippen molar-refractivity contribution in [3.63, 3.8) is 0 Å². The predicted octanol–water partition coefficient (Wildman–Crippen LogP) is 3.26. The van der Waals surface area contributed by atoms with Crippen LogP contribution in [0.3, 0.4) is 0 Å². The highest BCUT2D eigenvalue weighted by Crippen LogP contribution is 2.17. The lowest BCUT2D eigenvalue weighted by atomic mass is 10.1. The van der Waals surface area contributed by atoms with Crippen LogP contribution in [-0.2, 0) is 10.0 Å². The van der Waals surface area contributed by atoms with Crippen molar-refractivity contribution in [2.45, 2.75) is 11.8 Å². The van der Waals surface area contributed by atoms with Crippen LogP contribution >= 0.6 is 0 Å². The summed E-state index contributed by atoms with van der Waals surface area (Å²) in [5, 5.41) is 0. The fraction of sp³-hybridized carbons (Fsp3) is 0.0556. The van der Waals surface area contributed by atoms with E-state index in [1.807, 2.05) is 25.1 Å². The molecule has 0 aliphatic heterocycles. The number of nitrogens with zero attached hydrogens (tertiary/aromatic N) is 3. The van der Waals surface area contributed by atoms with Crippen LogP contribution in [0.2, 0.25) is 0 Å². The molecule has 0 unspecified atom stereocenters. The Morgan fingerprint density at radius 3 is 2.54 bits per heavy atom. The van der Waals surface area contributed by atoms with Crippen molar-refractivity contribution in [1.82, 2.24) is 9.97 Å². The summed E-state index contributed by atoms with van der Waals surface area (Å²) in [6.45, 7) is 1.90. The van der Waals surface area contributed by atoms with Crippen molar-refractivity contribution < 1.29 is 8.42 Å². The minimum Gasteiger partial charge on any atom is -0.261 e. The molecule has 1 heterocycles. The number of sulfonamides is 1. The lowest BCUT2D eigenvalue weighted by molar-refractivity contribution is 0.598. The third kappa shape index (κ3) is 3.72. The van der Waals surface area contributed by atoms with Gasteiger partial charge in [-0.1, -0.05) is 35.9 Å². The standard InChI is InChI=1S/C18H15N3O2S/c1-14-5-7-17(8-6-14)24(22,23)21-12-15-3-2-4-16(11-15)18-13-19-9-10-20-18/h2-13H,1H3. The summed E-state index contributed by atoms with van der Waals surface area (Å²) in [4.78, 5) is 8.44. The first kappa shape index (κ1) is 16.0. The Balaban J connectivity index is 1.88. The zero-order chi connectivity index (χ0) is 17.0. The maximum Gasteiger partial charge on any atom is 0.282 e. The zero-order valence-electron chi connectivity index (χ0n) is 13.0. The average molecular weight is 337 g/mol. The van der Waals surface area contributed by atoms with E-state index in [1.165, 1.54) is 6.21 Å². The fourth-order valence-corrected chi connectivity index (χ4v) is 2.99. The van der Waals surface area contributed by atoms with E-state index in [1.54, 1.807) is 48.9 Å². The first-order valence-electron chi connectivity index (χ1n) is 7.28. The van der Waals surface area contributed by atoms with E-state index in [4.69, 9.17) is 0 Å². The largest absolute Gasteiger partial charge is 0.282 e. The van der Waals surface area contributed by atoms with Crippen LogP contribution in [0.5, 0.6) is 0 Å². The van der Waals surface area contributed by atoms with Crippen molar-refractivity contribution in [2.75, 3.05) is 0 Å². The predicted molar refractivity (Wildman–Crippen MR) is 93.4 cm³/mol. The third-order valence-electron chi connectivity index (χ3n) is 3.40. The smallest absolute Gasteiger partial charge is 0.261 e. The molecular formula is C18H15N3O2S. The maximum atomic E-state index is 12.3. The van der Waals surface area contributed by atoms with E-state index >= 15 is 0 Å². The van der Waals surface area contributed by atoms with E-state index in [0.717, 1.165) is 11.1 Å². The van der Waals surface area contributed by atoms with Crippen LogP contribution in [0.4, 0.5) is 0 Å². The number of rotatable bonds is 4. The van der Waals surface area contributed by atoms with Gasteiger partial charge < -0.3 is 0 Å². The molecule has 0 saturated heterocycles. The van der Waals surface area contributed by atoms with Gasteiger partial charge in [0.2, 0.25) is 0 Å². The van der Waals surface area contributed by atoms with Crippen LogP contribution in [0.1, 0.15) is 11.1 Å². The Bertz CT molecular complexity index is 967. The second-order valence-electron chi connectivity index (χ2n) is 5.24. The Kier molecular flexibility index (Phi) is 4.48. The number of hydrogen-bond acceptors (Lipinski definition) is 4. The summed E-state index contributed by atoms with van der Waals surface area (Å²) < 4.78 is 28.3. The number of benzene rings is 2. The Morgan fingerprint density at radius 1 is 1.04 bits per heavy atom. The van der Waals surface area contributed by atoms with Gasteiger partial charge in [0, 0.05) is 24.2 Å². The van der Waals surface area contributed by atoms with Gasteiger partial charge in [-0.2, -0.15) is 12.8 Å². The molecule has 120 valence electrons. The topological polar surface area (TPSA) is 72.3 Å². The second-order valence-corrected chi connectivity index (χ2v) is 6.87. The van der Waals surface area contributed by atoms with Gasteiger partial charge >= 0.3 is 0 Å². The van der Waals surface area contributed by atoms with Crippen molar-refractivity contribution >= 4 is 16.2 Å². The van der Waals surface area contributed by atoms with Gasteiger partial charge in [0.05, 0.1) is 16.8 Å². The van der Waals surface area contributed by atoms with E-state index in [2.05, 4.69) is 14.4 Å². The molecule has 0 fully saturated rings.